The van der Waals surface area contributed by atoms with Crippen LogP contribution >= 0.6 is 0 Å². The predicted molar refractivity (Wildman–Crippen MR) is 122 cm³/mol. The third kappa shape index (κ3) is 4.38. The Kier molecular flexibility index (Phi) is 5.84. The molecule has 4 rings (SSSR count). The van der Waals surface area contributed by atoms with E-state index >= 15 is 0 Å². The summed E-state index contributed by atoms with van der Waals surface area (Å²) in [6.07, 6.45) is 3.46. The van der Waals surface area contributed by atoms with Crippen LogP contribution in [0.2, 0.25) is 0 Å². The molecule has 1 fully saturated rings. The van der Waals surface area contributed by atoms with Gasteiger partial charge in [0.15, 0.2) is 0 Å². The van der Waals surface area contributed by atoms with Gasteiger partial charge in [-0.1, -0.05) is 24.3 Å². The van der Waals surface area contributed by atoms with E-state index < -0.39 is 0 Å². The van der Waals surface area contributed by atoms with Crippen molar-refractivity contribution in [1.29, 1.82) is 0 Å². The molecule has 1 aliphatic heterocycles. The second kappa shape index (κ2) is 8.86. The second-order valence-electron chi connectivity index (χ2n) is 7.58. The first-order chi connectivity index (χ1) is 14.6. The van der Waals surface area contributed by atoms with E-state index in [2.05, 4.69) is 51.3 Å². The molecule has 0 atom stereocenters. The zero-order valence-electron chi connectivity index (χ0n) is 17.2. The molecular formula is C24H27N5O. The van der Waals surface area contributed by atoms with Gasteiger partial charge in [0.2, 0.25) is 0 Å². The number of hydrogen-bond acceptors (Lipinski definition) is 5. The number of carbonyl (C=O) groups excluding carboxylic acids is 1. The number of nitrogens with zero attached hydrogens (tertiary/aromatic N) is 3. The number of hydrogen-bond donors (Lipinski definition) is 2. The summed E-state index contributed by atoms with van der Waals surface area (Å²) >= 11 is 0. The van der Waals surface area contributed by atoms with Crippen molar-refractivity contribution in [3.05, 3.63) is 83.7 Å². The molecule has 154 valence electrons. The molecule has 0 saturated carbocycles. The van der Waals surface area contributed by atoms with Crippen LogP contribution in [0.25, 0.3) is 0 Å². The van der Waals surface area contributed by atoms with Crippen molar-refractivity contribution in [2.45, 2.75) is 13.5 Å². The van der Waals surface area contributed by atoms with Gasteiger partial charge in [0.1, 0.15) is 0 Å². The van der Waals surface area contributed by atoms with Crippen LogP contribution in [0.4, 0.5) is 17.1 Å². The summed E-state index contributed by atoms with van der Waals surface area (Å²) in [5, 5.41) is 2.92. The Morgan fingerprint density at radius 1 is 1.00 bits per heavy atom. The summed E-state index contributed by atoms with van der Waals surface area (Å²) in [5.74, 6) is -0.138. The van der Waals surface area contributed by atoms with Gasteiger partial charge in [-0.15, -0.1) is 0 Å². The molecule has 3 aromatic rings. The van der Waals surface area contributed by atoms with Crippen molar-refractivity contribution >= 4 is 23.0 Å². The summed E-state index contributed by atoms with van der Waals surface area (Å²) in [4.78, 5) is 21.3. The number of benzene rings is 2. The monoisotopic (exact) mass is 401 g/mol. The van der Waals surface area contributed by atoms with Crippen LogP contribution < -0.4 is 20.9 Å². The maximum Gasteiger partial charge on any atom is 0.251 e. The highest BCUT2D eigenvalue weighted by Gasteiger charge is 2.20. The summed E-state index contributed by atoms with van der Waals surface area (Å²) in [5.41, 5.74) is 12.1. The van der Waals surface area contributed by atoms with E-state index in [4.69, 9.17) is 5.73 Å². The molecule has 0 radical (unpaired) electrons. The number of aryl methyl sites for hydroxylation is 1. The van der Waals surface area contributed by atoms with Crippen molar-refractivity contribution in [3.63, 3.8) is 0 Å². The molecule has 0 spiro atoms. The van der Waals surface area contributed by atoms with E-state index in [0.717, 1.165) is 37.4 Å². The fourth-order valence-electron chi connectivity index (χ4n) is 3.88. The summed E-state index contributed by atoms with van der Waals surface area (Å²) in [7, 11) is 0. The Labute approximate surface area is 177 Å². The van der Waals surface area contributed by atoms with Gasteiger partial charge in [0.25, 0.3) is 5.91 Å². The van der Waals surface area contributed by atoms with Crippen LogP contribution in [-0.4, -0.2) is 37.1 Å². The van der Waals surface area contributed by atoms with E-state index in [-0.39, 0.29) is 5.91 Å². The molecule has 1 aromatic heterocycles. The molecular weight excluding hydrogens is 374 g/mol. The third-order valence-corrected chi connectivity index (χ3v) is 5.54. The van der Waals surface area contributed by atoms with Gasteiger partial charge in [0.05, 0.1) is 11.4 Å². The number of nitrogens with one attached hydrogen (secondary N) is 1. The van der Waals surface area contributed by atoms with Gasteiger partial charge in [-0.05, 0) is 48.4 Å². The minimum atomic E-state index is -0.138. The molecule has 0 bridgehead atoms. The summed E-state index contributed by atoms with van der Waals surface area (Å²) in [6, 6.07) is 17.8. The van der Waals surface area contributed by atoms with Gasteiger partial charge in [-0.2, -0.15) is 0 Å². The van der Waals surface area contributed by atoms with Crippen LogP contribution in [0.3, 0.4) is 0 Å². The zero-order valence-corrected chi connectivity index (χ0v) is 17.2. The fourth-order valence-corrected chi connectivity index (χ4v) is 3.88. The number of nitrogens with two attached hydrogens (primary N) is 1. The average molecular weight is 402 g/mol. The summed E-state index contributed by atoms with van der Waals surface area (Å²) < 4.78 is 0. The van der Waals surface area contributed by atoms with Crippen molar-refractivity contribution in [2.75, 3.05) is 41.7 Å². The standard InChI is InChI=1S/C24H27N5O/c1-18-5-2-3-7-22(18)28-11-13-29(14-12-28)23-9-8-20(15-21(23)25)24(30)27-17-19-6-4-10-26-16-19/h2-10,15-16H,11-14,17,25H2,1H3,(H,27,30). The minimum Gasteiger partial charge on any atom is -0.397 e. The smallest absolute Gasteiger partial charge is 0.251 e. The van der Waals surface area contributed by atoms with Gasteiger partial charge in [-0.3, -0.25) is 9.78 Å². The van der Waals surface area contributed by atoms with Crippen molar-refractivity contribution in [2.24, 2.45) is 0 Å². The predicted octanol–water partition coefficient (Wildman–Crippen LogP) is 3.23. The second-order valence-corrected chi connectivity index (χ2v) is 7.58. The van der Waals surface area contributed by atoms with E-state index in [1.54, 1.807) is 18.5 Å². The van der Waals surface area contributed by atoms with E-state index in [9.17, 15) is 4.79 Å². The number of para-hydroxylation sites is 1. The third-order valence-electron chi connectivity index (χ3n) is 5.54. The molecule has 6 heteroatoms. The largest absolute Gasteiger partial charge is 0.397 e. The van der Waals surface area contributed by atoms with Crippen LogP contribution in [0.1, 0.15) is 21.5 Å². The quantitative estimate of drug-likeness (QED) is 0.642. The number of carbonyl (C=O) groups is 1. The number of aromatic nitrogens is 1. The maximum absolute atomic E-state index is 12.5. The number of amides is 1. The molecule has 1 saturated heterocycles. The van der Waals surface area contributed by atoms with Gasteiger partial charge in [-0.25, -0.2) is 0 Å². The van der Waals surface area contributed by atoms with Gasteiger partial charge in [0, 0.05) is 56.4 Å². The molecule has 6 nitrogen and oxygen atoms in total. The van der Waals surface area contributed by atoms with Crippen LogP contribution in [0.5, 0.6) is 0 Å². The molecule has 2 heterocycles. The Balaban J connectivity index is 1.38. The van der Waals surface area contributed by atoms with Gasteiger partial charge >= 0.3 is 0 Å². The number of rotatable bonds is 5. The lowest BCUT2D eigenvalue weighted by atomic mass is 10.1. The molecule has 2 aromatic carbocycles. The summed E-state index contributed by atoms with van der Waals surface area (Å²) in [6.45, 7) is 6.26. The first-order valence-electron chi connectivity index (χ1n) is 10.2. The Morgan fingerprint density at radius 2 is 1.73 bits per heavy atom. The van der Waals surface area contributed by atoms with E-state index in [0.29, 0.717) is 17.8 Å². The molecule has 1 aliphatic rings. The van der Waals surface area contributed by atoms with Crippen molar-refractivity contribution in [3.8, 4) is 0 Å². The maximum atomic E-state index is 12.5. The lowest BCUT2D eigenvalue weighted by Crippen LogP contribution is -2.47. The minimum absolute atomic E-state index is 0.138. The number of nitrogen functional groups attached to an aromatic ring is 1. The van der Waals surface area contributed by atoms with Crippen LogP contribution in [0, 0.1) is 6.92 Å². The zero-order chi connectivity index (χ0) is 20.9. The number of anilines is 3. The topological polar surface area (TPSA) is 74.5 Å². The molecule has 0 aliphatic carbocycles. The molecule has 1 amide bonds. The van der Waals surface area contributed by atoms with Gasteiger partial charge < -0.3 is 20.9 Å². The first kappa shape index (κ1) is 19.8. The molecule has 30 heavy (non-hydrogen) atoms. The lowest BCUT2D eigenvalue weighted by Gasteiger charge is -2.38. The number of pyridine rings is 1. The van der Waals surface area contributed by atoms with Crippen LogP contribution in [-0.2, 0) is 6.54 Å². The van der Waals surface area contributed by atoms with Crippen molar-refractivity contribution in [1.82, 2.24) is 10.3 Å². The molecule has 3 N–H and O–H groups in total. The molecule has 0 unspecified atom stereocenters. The highest BCUT2D eigenvalue weighted by atomic mass is 16.1. The highest BCUT2D eigenvalue weighted by Crippen LogP contribution is 2.27. The Morgan fingerprint density at radius 3 is 2.40 bits per heavy atom. The van der Waals surface area contributed by atoms with E-state index in [1.165, 1.54) is 11.3 Å². The fraction of sp³-hybridized carbons (Fsp3) is 0.250. The number of piperazine rings is 1. The lowest BCUT2D eigenvalue weighted by molar-refractivity contribution is 0.0951. The highest BCUT2D eigenvalue weighted by molar-refractivity contribution is 5.96. The Hall–Kier alpha value is -3.54. The van der Waals surface area contributed by atoms with Crippen LogP contribution in [0.15, 0.2) is 67.0 Å². The van der Waals surface area contributed by atoms with Crippen molar-refractivity contribution < 1.29 is 4.79 Å². The Bertz CT molecular complexity index is 1010. The normalized spacial score (nSPS) is 13.9. The first-order valence-corrected chi connectivity index (χ1v) is 10.2. The van der Waals surface area contributed by atoms with E-state index in [1.807, 2.05) is 24.3 Å². The average Bonchev–Trinajstić information content (AvgIpc) is 2.79. The SMILES string of the molecule is Cc1ccccc1N1CCN(c2ccc(C(=O)NCc3cccnc3)cc2N)CC1.